The molecule has 0 N–H and O–H groups in total. The molecule has 4 rings (SSSR count). The molecular formula is C23H17NO2. The molecule has 3 nitrogen and oxygen atoms in total. The van der Waals surface area contributed by atoms with E-state index in [4.69, 9.17) is 9.72 Å². The maximum Gasteiger partial charge on any atom is 0.150 e. The Morgan fingerprint density at radius 3 is 2.31 bits per heavy atom. The molecule has 0 aliphatic heterocycles. The molecule has 1 aromatic heterocycles. The zero-order valence-electron chi connectivity index (χ0n) is 14.3. The Bertz CT molecular complexity index is 1070. The minimum absolute atomic E-state index is 0.655. The fourth-order valence-corrected chi connectivity index (χ4v) is 3.07. The molecule has 0 radical (unpaired) electrons. The van der Waals surface area contributed by atoms with Gasteiger partial charge >= 0.3 is 0 Å². The Balaban J connectivity index is 1.96. The molecule has 0 unspecified atom stereocenters. The number of hydrogen-bond acceptors (Lipinski definition) is 3. The molecule has 0 spiro atoms. The van der Waals surface area contributed by atoms with E-state index in [9.17, 15) is 4.79 Å². The normalized spacial score (nSPS) is 10.7. The summed E-state index contributed by atoms with van der Waals surface area (Å²) in [7, 11) is 1.67. The standard InChI is InChI=1S/C23H17NO2/c1-26-19-11-12-22-21(13-19)20(17-5-3-2-4-6-17)14-23(24-22)18-9-7-16(15-25)8-10-18/h2-15H,1H3. The van der Waals surface area contributed by atoms with E-state index in [0.717, 1.165) is 45.3 Å². The van der Waals surface area contributed by atoms with Gasteiger partial charge in [0.05, 0.1) is 18.3 Å². The lowest BCUT2D eigenvalue weighted by Gasteiger charge is -2.12. The van der Waals surface area contributed by atoms with Gasteiger partial charge in [0.25, 0.3) is 0 Å². The number of carbonyl (C=O) groups is 1. The quantitative estimate of drug-likeness (QED) is 0.468. The SMILES string of the molecule is COc1ccc2nc(-c3ccc(C=O)cc3)cc(-c3ccccc3)c2c1. The summed E-state index contributed by atoms with van der Waals surface area (Å²) in [5.74, 6) is 0.805. The van der Waals surface area contributed by atoms with Crippen LogP contribution in [0.15, 0.2) is 78.9 Å². The van der Waals surface area contributed by atoms with Crippen molar-refractivity contribution in [2.24, 2.45) is 0 Å². The Kier molecular flexibility index (Phi) is 4.20. The van der Waals surface area contributed by atoms with Gasteiger partial charge in [0.15, 0.2) is 0 Å². The Labute approximate surface area is 151 Å². The third-order valence-corrected chi connectivity index (χ3v) is 4.44. The molecule has 26 heavy (non-hydrogen) atoms. The molecular weight excluding hydrogens is 322 g/mol. The number of aromatic nitrogens is 1. The average molecular weight is 339 g/mol. The third-order valence-electron chi connectivity index (χ3n) is 4.44. The van der Waals surface area contributed by atoms with Crippen molar-refractivity contribution in [1.82, 2.24) is 4.98 Å². The monoisotopic (exact) mass is 339 g/mol. The van der Waals surface area contributed by atoms with Crippen molar-refractivity contribution in [1.29, 1.82) is 0 Å². The van der Waals surface area contributed by atoms with Crippen LogP contribution in [0.4, 0.5) is 0 Å². The molecule has 0 aliphatic rings. The van der Waals surface area contributed by atoms with Crippen LogP contribution >= 0.6 is 0 Å². The van der Waals surface area contributed by atoms with Gasteiger partial charge in [-0.1, -0.05) is 54.6 Å². The number of rotatable bonds is 4. The maximum atomic E-state index is 10.9. The van der Waals surface area contributed by atoms with Crippen LogP contribution in [0.25, 0.3) is 33.3 Å². The highest BCUT2D eigenvalue weighted by Gasteiger charge is 2.10. The molecule has 0 amide bonds. The Hall–Kier alpha value is -3.46. The number of benzene rings is 3. The average Bonchev–Trinajstić information content (AvgIpc) is 2.73. The van der Waals surface area contributed by atoms with E-state index in [-0.39, 0.29) is 0 Å². The molecule has 0 saturated heterocycles. The fraction of sp³-hybridized carbons (Fsp3) is 0.0435. The number of nitrogens with zero attached hydrogens (tertiary/aromatic N) is 1. The number of ether oxygens (including phenoxy) is 1. The zero-order valence-corrected chi connectivity index (χ0v) is 14.3. The first-order chi connectivity index (χ1) is 12.8. The van der Waals surface area contributed by atoms with E-state index in [1.165, 1.54) is 0 Å². The van der Waals surface area contributed by atoms with Crippen molar-refractivity contribution < 1.29 is 9.53 Å². The number of aldehydes is 1. The summed E-state index contributed by atoms with van der Waals surface area (Å²) in [6.45, 7) is 0. The number of pyridine rings is 1. The summed E-state index contributed by atoms with van der Waals surface area (Å²) in [4.78, 5) is 15.7. The molecule has 0 bridgehead atoms. The minimum Gasteiger partial charge on any atom is -0.497 e. The number of hydrogen-bond donors (Lipinski definition) is 0. The van der Waals surface area contributed by atoms with Crippen LogP contribution in [0.1, 0.15) is 10.4 Å². The van der Waals surface area contributed by atoms with Crippen LogP contribution in [-0.2, 0) is 0 Å². The largest absolute Gasteiger partial charge is 0.497 e. The van der Waals surface area contributed by atoms with Crippen LogP contribution in [0, 0.1) is 0 Å². The summed E-state index contributed by atoms with van der Waals surface area (Å²) < 4.78 is 5.39. The summed E-state index contributed by atoms with van der Waals surface area (Å²) in [5.41, 5.74) is 5.64. The van der Waals surface area contributed by atoms with E-state index >= 15 is 0 Å². The predicted molar refractivity (Wildman–Crippen MR) is 105 cm³/mol. The van der Waals surface area contributed by atoms with Crippen molar-refractivity contribution in [2.45, 2.75) is 0 Å². The smallest absolute Gasteiger partial charge is 0.150 e. The summed E-state index contributed by atoms with van der Waals surface area (Å²) >= 11 is 0. The van der Waals surface area contributed by atoms with Gasteiger partial charge in [0.2, 0.25) is 0 Å². The second kappa shape index (κ2) is 6.81. The highest BCUT2D eigenvalue weighted by molar-refractivity contribution is 5.97. The maximum absolute atomic E-state index is 10.9. The van der Waals surface area contributed by atoms with Gasteiger partial charge in [-0.15, -0.1) is 0 Å². The van der Waals surface area contributed by atoms with Gasteiger partial charge in [0.1, 0.15) is 12.0 Å². The Morgan fingerprint density at radius 1 is 0.846 bits per heavy atom. The lowest BCUT2D eigenvalue weighted by Crippen LogP contribution is -1.91. The number of methoxy groups -OCH3 is 1. The predicted octanol–water partition coefficient (Wildman–Crippen LogP) is 5.39. The van der Waals surface area contributed by atoms with Crippen molar-refractivity contribution in [3.8, 4) is 28.1 Å². The van der Waals surface area contributed by atoms with Gasteiger partial charge in [-0.05, 0) is 35.4 Å². The number of fused-ring (bicyclic) bond motifs is 1. The lowest BCUT2D eigenvalue weighted by molar-refractivity contribution is 0.112. The van der Waals surface area contributed by atoms with E-state index in [1.807, 2.05) is 60.7 Å². The van der Waals surface area contributed by atoms with Gasteiger partial charge < -0.3 is 4.74 Å². The molecule has 0 fully saturated rings. The molecule has 1 heterocycles. The van der Waals surface area contributed by atoms with E-state index in [1.54, 1.807) is 7.11 Å². The van der Waals surface area contributed by atoms with E-state index < -0.39 is 0 Å². The molecule has 0 aliphatic carbocycles. The van der Waals surface area contributed by atoms with Gasteiger partial charge in [-0.2, -0.15) is 0 Å². The minimum atomic E-state index is 0.655. The van der Waals surface area contributed by atoms with E-state index in [2.05, 4.69) is 18.2 Å². The first-order valence-electron chi connectivity index (χ1n) is 8.38. The van der Waals surface area contributed by atoms with Crippen LogP contribution in [0.3, 0.4) is 0 Å². The van der Waals surface area contributed by atoms with Crippen LogP contribution in [0.2, 0.25) is 0 Å². The van der Waals surface area contributed by atoms with Gasteiger partial charge in [-0.3, -0.25) is 4.79 Å². The second-order valence-electron chi connectivity index (χ2n) is 6.04. The van der Waals surface area contributed by atoms with Crippen LogP contribution < -0.4 is 4.74 Å². The van der Waals surface area contributed by atoms with Gasteiger partial charge in [-0.25, -0.2) is 4.98 Å². The summed E-state index contributed by atoms with van der Waals surface area (Å²) in [6, 6.07) is 25.7. The first kappa shape index (κ1) is 16.0. The molecule has 4 aromatic rings. The molecule has 3 aromatic carbocycles. The molecule has 0 atom stereocenters. The van der Waals surface area contributed by atoms with Crippen molar-refractivity contribution in [3.05, 3.63) is 84.4 Å². The molecule has 126 valence electrons. The van der Waals surface area contributed by atoms with E-state index in [0.29, 0.717) is 5.56 Å². The first-order valence-corrected chi connectivity index (χ1v) is 8.38. The third kappa shape index (κ3) is 2.95. The molecule has 3 heteroatoms. The second-order valence-corrected chi connectivity index (χ2v) is 6.04. The Morgan fingerprint density at radius 2 is 1.62 bits per heavy atom. The highest BCUT2D eigenvalue weighted by Crippen LogP contribution is 2.33. The van der Waals surface area contributed by atoms with Gasteiger partial charge in [0, 0.05) is 16.5 Å². The van der Waals surface area contributed by atoms with Crippen LogP contribution in [0.5, 0.6) is 5.75 Å². The highest BCUT2D eigenvalue weighted by atomic mass is 16.5. The van der Waals surface area contributed by atoms with Crippen molar-refractivity contribution >= 4 is 17.2 Å². The van der Waals surface area contributed by atoms with Crippen LogP contribution in [-0.4, -0.2) is 18.4 Å². The van der Waals surface area contributed by atoms with Crippen molar-refractivity contribution in [3.63, 3.8) is 0 Å². The lowest BCUT2D eigenvalue weighted by atomic mass is 9.98. The topological polar surface area (TPSA) is 39.2 Å². The van der Waals surface area contributed by atoms with Crippen molar-refractivity contribution in [2.75, 3.05) is 7.11 Å². The number of carbonyl (C=O) groups excluding carboxylic acids is 1. The fourth-order valence-electron chi connectivity index (χ4n) is 3.07. The molecule has 0 saturated carbocycles. The summed E-state index contributed by atoms with van der Waals surface area (Å²) in [6.07, 6.45) is 0.847. The zero-order chi connectivity index (χ0) is 17.9. The summed E-state index contributed by atoms with van der Waals surface area (Å²) in [5, 5.41) is 1.05.